The molecule has 3 amide bonds. The zero-order valence-corrected chi connectivity index (χ0v) is 15.5. The van der Waals surface area contributed by atoms with Crippen LogP contribution in [0.3, 0.4) is 0 Å². The largest absolute Gasteiger partial charge is 0.506 e. The van der Waals surface area contributed by atoms with Crippen molar-refractivity contribution in [3.05, 3.63) is 53.1 Å². The number of hydrogen-bond donors (Lipinski definition) is 3. The highest BCUT2D eigenvalue weighted by molar-refractivity contribution is 6.31. The molecule has 0 radical (unpaired) electrons. The Kier molecular flexibility index (Phi) is 5.99. The fraction of sp³-hybridized carbons (Fsp3) is 0.263. The maximum Gasteiger partial charge on any atom is 0.321 e. The van der Waals surface area contributed by atoms with Crippen LogP contribution in [0, 0.1) is 17.6 Å². The van der Waals surface area contributed by atoms with Crippen LogP contribution in [-0.2, 0) is 4.79 Å². The molecule has 148 valence electrons. The predicted octanol–water partition coefficient (Wildman–Crippen LogP) is 4.21. The Balaban J connectivity index is 1.54. The van der Waals surface area contributed by atoms with Gasteiger partial charge in [-0.2, -0.15) is 0 Å². The second-order valence-corrected chi connectivity index (χ2v) is 6.90. The molecule has 9 heteroatoms. The van der Waals surface area contributed by atoms with E-state index in [4.69, 9.17) is 11.6 Å². The molecule has 6 nitrogen and oxygen atoms in total. The summed E-state index contributed by atoms with van der Waals surface area (Å²) < 4.78 is 26.6. The Hall–Kier alpha value is -2.87. The third-order valence-electron chi connectivity index (χ3n) is 4.54. The van der Waals surface area contributed by atoms with E-state index in [2.05, 4.69) is 10.6 Å². The molecule has 1 aliphatic rings. The second-order valence-electron chi connectivity index (χ2n) is 6.47. The van der Waals surface area contributed by atoms with Gasteiger partial charge < -0.3 is 20.6 Å². The summed E-state index contributed by atoms with van der Waals surface area (Å²) in [5, 5.41) is 15.2. The Morgan fingerprint density at radius 1 is 1.04 bits per heavy atom. The quantitative estimate of drug-likeness (QED) is 0.664. The number of halogens is 3. The average Bonchev–Trinajstić information content (AvgIpc) is 2.67. The van der Waals surface area contributed by atoms with Gasteiger partial charge in [-0.15, -0.1) is 0 Å². The molecule has 28 heavy (non-hydrogen) atoms. The fourth-order valence-corrected chi connectivity index (χ4v) is 3.15. The first-order chi connectivity index (χ1) is 13.3. The van der Waals surface area contributed by atoms with Gasteiger partial charge in [-0.1, -0.05) is 11.6 Å². The number of anilines is 2. The van der Waals surface area contributed by atoms with E-state index in [0.29, 0.717) is 37.0 Å². The van der Waals surface area contributed by atoms with Crippen LogP contribution >= 0.6 is 11.6 Å². The van der Waals surface area contributed by atoms with E-state index in [1.807, 2.05) is 0 Å². The normalized spacial score (nSPS) is 14.6. The van der Waals surface area contributed by atoms with Crippen LogP contribution in [0.15, 0.2) is 36.4 Å². The van der Waals surface area contributed by atoms with E-state index in [-0.39, 0.29) is 28.9 Å². The van der Waals surface area contributed by atoms with Crippen LogP contribution in [0.2, 0.25) is 5.02 Å². The van der Waals surface area contributed by atoms with E-state index in [9.17, 15) is 23.5 Å². The number of nitrogens with zero attached hydrogens (tertiary/aromatic N) is 1. The van der Waals surface area contributed by atoms with Gasteiger partial charge in [-0.3, -0.25) is 4.79 Å². The number of nitrogens with one attached hydrogen (secondary N) is 2. The number of rotatable bonds is 3. The van der Waals surface area contributed by atoms with Crippen molar-refractivity contribution in [3.63, 3.8) is 0 Å². The third-order valence-corrected chi connectivity index (χ3v) is 4.78. The maximum atomic E-state index is 13.7. The topological polar surface area (TPSA) is 81.7 Å². The van der Waals surface area contributed by atoms with E-state index in [1.54, 1.807) is 0 Å². The van der Waals surface area contributed by atoms with Crippen LogP contribution in [0.5, 0.6) is 5.75 Å². The van der Waals surface area contributed by atoms with Crippen LogP contribution in [0.4, 0.5) is 25.0 Å². The lowest BCUT2D eigenvalue weighted by molar-refractivity contribution is -0.121. The number of likely N-dealkylation sites (tertiary alicyclic amines) is 1. The Labute approximate surface area is 165 Å². The van der Waals surface area contributed by atoms with Crippen LogP contribution in [0.1, 0.15) is 12.8 Å². The number of carbonyl (C=O) groups is 2. The fourth-order valence-electron chi connectivity index (χ4n) is 2.97. The minimum Gasteiger partial charge on any atom is -0.506 e. The summed E-state index contributed by atoms with van der Waals surface area (Å²) >= 11 is 5.87. The van der Waals surface area contributed by atoms with Crippen molar-refractivity contribution in [2.75, 3.05) is 23.7 Å². The summed E-state index contributed by atoms with van der Waals surface area (Å²) in [6.07, 6.45) is 0.818. The highest BCUT2D eigenvalue weighted by atomic mass is 35.5. The number of aromatic hydroxyl groups is 1. The van der Waals surface area contributed by atoms with Crippen molar-refractivity contribution in [1.29, 1.82) is 0 Å². The summed E-state index contributed by atoms with van der Waals surface area (Å²) in [4.78, 5) is 26.1. The van der Waals surface area contributed by atoms with Crippen LogP contribution in [0.25, 0.3) is 0 Å². The van der Waals surface area contributed by atoms with Crippen molar-refractivity contribution in [2.45, 2.75) is 12.8 Å². The van der Waals surface area contributed by atoms with Gasteiger partial charge in [0.05, 0.1) is 11.4 Å². The minimum atomic E-state index is -0.857. The maximum absolute atomic E-state index is 13.7. The first-order valence-electron chi connectivity index (χ1n) is 8.64. The lowest BCUT2D eigenvalue weighted by atomic mass is 9.96. The Morgan fingerprint density at radius 3 is 2.43 bits per heavy atom. The van der Waals surface area contributed by atoms with Gasteiger partial charge in [0.15, 0.2) is 0 Å². The van der Waals surface area contributed by atoms with Gasteiger partial charge in [-0.25, -0.2) is 13.6 Å². The molecule has 0 spiro atoms. The summed E-state index contributed by atoms with van der Waals surface area (Å²) in [5.41, 5.74) is 0.118. The monoisotopic (exact) mass is 409 g/mol. The van der Waals surface area contributed by atoms with Crippen molar-refractivity contribution in [3.8, 4) is 5.75 Å². The number of hydrogen-bond acceptors (Lipinski definition) is 3. The Morgan fingerprint density at radius 2 is 1.75 bits per heavy atom. The van der Waals surface area contributed by atoms with Gasteiger partial charge in [0.25, 0.3) is 0 Å². The minimum absolute atomic E-state index is 0.0871. The van der Waals surface area contributed by atoms with Crippen LogP contribution in [-0.4, -0.2) is 35.0 Å². The molecule has 1 saturated heterocycles. The molecule has 1 heterocycles. The van der Waals surface area contributed by atoms with Gasteiger partial charge >= 0.3 is 6.03 Å². The molecule has 1 aliphatic heterocycles. The highest BCUT2D eigenvalue weighted by Crippen LogP contribution is 2.28. The zero-order valence-electron chi connectivity index (χ0n) is 14.7. The number of carbonyl (C=O) groups excluding carboxylic acids is 2. The van der Waals surface area contributed by atoms with Gasteiger partial charge in [-0.05, 0) is 43.2 Å². The zero-order chi connectivity index (χ0) is 20.3. The van der Waals surface area contributed by atoms with Gasteiger partial charge in [0.2, 0.25) is 5.91 Å². The summed E-state index contributed by atoms with van der Waals surface area (Å²) in [7, 11) is 0. The Bertz CT molecular complexity index is 902. The molecule has 3 N–H and O–H groups in total. The first-order valence-corrected chi connectivity index (χ1v) is 9.01. The first kappa shape index (κ1) is 19.9. The molecular weight excluding hydrogens is 392 g/mol. The molecule has 1 fully saturated rings. The summed E-state index contributed by atoms with van der Waals surface area (Å²) in [5.74, 6) is -2.29. The molecule has 0 aliphatic carbocycles. The molecule has 0 atom stereocenters. The van der Waals surface area contributed by atoms with E-state index >= 15 is 0 Å². The summed E-state index contributed by atoms with van der Waals surface area (Å²) in [6.45, 7) is 0.600. The van der Waals surface area contributed by atoms with Crippen molar-refractivity contribution in [1.82, 2.24) is 4.90 Å². The van der Waals surface area contributed by atoms with Gasteiger partial charge in [0, 0.05) is 30.1 Å². The highest BCUT2D eigenvalue weighted by Gasteiger charge is 2.28. The predicted molar refractivity (Wildman–Crippen MR) is 101 cm³/mol. The smallest absolute Gasteiger partial charge is 0.321 e. The molecule has 3 rings (SSSR count). The molecule has 0 aromatic heterocycles. The van der Waals surface area contributed by atoms with E-state index in [1.165, 1.54) is 23.1 Å². The molecule has 0 bridgehead atoms. The molecule has 2 aromatic rings. The molecular formula is C19H18ClF2N3O3. The summed E-state index contributed by atoms with van der Waals surface area (Å²) in [6, 6.07) is 6.73. The molecule has 0 saturated carbocycles. The molecule has 0 unspecified atom stereocenters. The number of amides is 3. The van der Waals surface area contributed by atoms with E-state index in [0.717, 1.165) is 12.1 Å². The number of phenols is 1. The number of piperidine rings is 1. The lowest BCUT2D eigenvalue weighted by Gasteiger charge is -2.31. The number of phenolic OH excluding ortho intramolecular Hbond substituents is 1. The molecule has 2 aromatic carbocycles. The number of urea groups is 1. The van der Waals surface area contributed by atoms with Gasteiger partial charge in [0.1, 0.15) is 17.4 Å². The SMILES string of the molecule is O=C(Nc1cc(Cl)ccc1O)C1CCN(C(=O)Nc2ccc(F)cc2F)CC1. The van der Waals surface area contributed by atoms with Crippen molar-refractivity contribution in [2.24, 2.45) is 5.92 Å². The van der Waals surface area contributed by atoms with Crippen molar-refractivity contribution >= 4 is 34.9 Å². The number of benzene rings is 2. The lowest BCUT2D eigenvalue weighted by Crippen LogP contribution is -2.43. The van der Waals surface area contributed by atoms with Crippen molar-refractivity contribution < 1.29 is 23.5 Å². The second kappa shape index (κ2) is 8.43. The van der Waals surface area contributed by atoms with E-state index < -0.39 is 17.7 Å². The standard InChI is InChI=1S/C19H18ClF2N3O3/c20-12-1-4-17(26)16(9-12)23-18(27)11-5-7-25(8-6-11)19(28)24-15-3-2-13(21)10-14(15)22/h1-4,9-11,26H,5-8H2,(H,23,27)(H,24,28). The third kappa shape index (κ3) is 4.69. The average molecular weight is 410 g/mol. The van der Waals surface area contributed by atoms with Crippen LogP contribution < -0.4 is 10.6 Å².